The second kappa shape index (κ2) is 5.92. The first kappa shape index (κ1) is 15.0. The SMILES string of the molecule is CCc1ncc(S(=O)(=O)NC2CCCC(C(=O)O)C2)[nH]1. The molecule has 0 amide bonds. The Kier molecular flexibility index (Phi) is 4.44. The van der Waals surface area contributed by atoms with Crippen LogP contribution in [0.3, 0.4) is 0 Å². The Labute approximate surface area is 117 Å². The van der Waals surface area contributed by atoms with Crippen LogP contribution in [-0.4, -0.2) is 35.5 Å². The number of aromatic nitrogens is 2. The van der Waals surface area contributed by atoms with Gasteiger partial charge in [0.1, 0.15) is 5.82 Å². The fourth-order valence-electron chi connectivity index (χ4n) is 2.46. The van der Waals surface area contributed by atoms with Gasteiger partial charge < -0.3 is 10.1 Å². The number of carboxylic acids is 1. The van der Waals surface area contributed by atoms with E-state index < -0.39 is 21.9 Å². The molecule has 20 heavy (non-hydrogen) atoms. The summed E-state index contributed by atoms with van der Waals surface area (Å²) in [4.78, 5) is 17.7. The number of nitrogens with zero attached hydrogens (tertiary/aromatic N) is 1. The van der Waals surface area contributed by atoms with E-state index in [0.29, 0.717) is 37.9 Å². The highest BCUT2D eigenvalue weighted by Crippen LogP contribution is 2.25. The number of sulfonamides is 1. The number of nitrogens with one attached hydrogen (secondary N) is 2. The van der Waals surface area contributed by atoms with E-state index in [1.807, 2.05) is 6.92 Å². The van der Waals surface area contributed by atoms with Gasteiger partial charge in [-0.2, -0.15) is 0 Å². The number of hydrogen-bond acceptors (Lipinski definition) is 4. The van der Waals surface area contributed by atoms with E-state index in [1.54, 1.807) is 0 Å². The highest BCUT2D eigenvalue weighted by Gasteiger charge is 2.30. The van der Waals surface area contributed by atoms with Crippen molar-refractivity contribution in [1.82, 2.24) is 14.7 Å². The standard InChI is InChI=1S/C12H19N3O4S/c1-2-10-13-7-11(14-10)20(18,19)15-9-5-3-4-8(6-9)12(16)17/h7-9,15H,2-6H2,1H3,(H,13,14)(H,16,17). The molecule has 1 heterocycles. The maximum absolute atomic E-state index is 12.2. The first-order valence-electron chi connectivity index (χ1n) is 6.71. The minimum atomic E-state index is -3.66. The van der Waals surface area contributed by atoms with Crippen molar-refractivity contribution in [3.05, 3.63) is 12.0 Å². The smallest absolute Gasteiger partial charge is 0.306 e. The number of carboxylic acid groups (broad SMARTS) is 1. The molecule has 2 rings (SSSR count). The number of imidazole rings is 1. The molecule has 1 aliphatic carbocycles. The number of rotatable bonds is 5. The summed E-state index contributed by atoms with van der Waals surface area (Å²) in [5, 5.41) is 9.05. The zero-order valence-electron chi connectivity index (χ0n) is 11.3. The van der Waals surface area contributed by atoms with Crippen LogP contribution in [0.15, 0.2) is 11.2 Å². The third kappa shape index (κ3) is 3.37. The Hall–Kier alpha value is -1.41. The van der Waals surface area contributed by atoms with Gasteiger partial charge in [0.05, 0.1) is 12.1 Å². The van der Waals surface area contributed by atoms with Crippen LogP contribution in [0.5, 0.6) is 0 Å². The molecule has 3 N–H and O–H groups in total. The molecule has 2 unspecified atom stereocenters. The zero-order valence-corrected chi connectivity index (χ0v) is 12.1. The van der Waals surface area contributed by atoms with E-state index in [-0.39, 0.29) is 11.1 Å². The molecule has 0 saturated heterocycles. The summed E-state index contributed by atoms with van der Waals surface area (Å²) in [7, 11) is -3.66. The molecule has 1 fully saturated rings. The van der Waals surface area contributed by atoms with Gasteiger partial charge in [-0.05, 0) is 19.3 Å². The van der Waals surface area contributed by atoms with Crippen LogP contribution in [0, 0.1) is 5.92 Å². The Balaban J connectivity index is 2.06. The van der Waals surface area contributed by atoms with Crippen LogP contribution in [-0.2, 0) is 21.2 Å². The molecule has 8 heteroatoms. The monoisotopic (exact) mass is 301 g/mol. The lowest BCUT2D eigenvalue weighted by atomic mass is 9.86. The number of carbonyl (C=O) groups is 1. The Morgan fingerprint density at radius 1 is 1.55 bits per heavy atom. The maximum Gasteiger partial charge on any atom is 0.306 e. The molecule has 1 aromatic rings. The summed E-state index contributed by atoms with van der Waals surface area (Å²) in [5.41, 5.74) is 0. The van der Waals surface area contributed by atoms with Crippen molar-refractivity contribution in [1.29, 1.82) is 0 Å². The summed E-state index contributed by atoms with van der Waals surface area (Å²) >= 11 is 0. The van der Waals surface area contributed by atoms with Crippen molar-refractivity contribution in [3.63, 3.8) is 0 Å². The first-order chi connectivity index (χ1) is 9.42. The highest BCUT2D eigenvalue weighted by atomic mass is 32.2. The van der Waals surface area contributed by atoms with Gasteiger partial charge in [0.15, 0.2) is 5.03 Å². The van der Waals surface area contributed by atoms with Gasteiger partial charge in [-0.3, -0.25) is 4.79 Å². The molecule has 0 spiro atoms. The fourth-order valence-corrected chi connectivity index (χ4v) is 3.69. The normalized spacial score (nSPS) is 23.6. The summed E-state index contributed by atoms with van der Waals surface area (Å²) in [6.45, 7) is 1.88. The average molecular weight is 301 g/mol. The van der Waals surface area contributed by atoms with E-state index in [4.69, 9.17) is 5.11 Å². The molecule has 1 saturated carbocycles. The van der Waals surface area contributed by atoms with Crippen LogP contribution in [0.1, 0.15) is 38.4 Å². The zero-order chi connectivity index (χ0) is 14.8. The van der Waals surface area contributed by atoms with Crippen molar-refractivity contribution in [2.45, 2.75) is 50.1 Å². The van der Waals surface area contributed by atoms with Crippen molar-refractivity contribution < 1.29 is 18.3 Å². The fraction of sp³-hybridized carbons (Fsp3) is 0.667. The minimum absolute atomic E-state index is 0.0341. The van der Waals surface area contributed by atoms with E-state index in [1.165, 1.54) is 6.20 Å². The Bertz CT molecular complexity index is 581. The van der Waals surface area contributed by atoms with Gasteiger partial charge in [0.25, 0.3) is 10.0 Å². The summed E-state index contributed by atoms with van der Waals surface area (Å²) in [5.74, 6) is -0.717. The molecular weight excluding hydrogens is 282 g/mol. The van der Waals surface area contributed by atoms with Crippen LogP contribution in [0.4, 0.5) is 0 Å². The number of aromatic amines is 1. The quantitative estimate of drug-likeness (QED) is 0.748. The van der Waals surface area contributed by atoms with E-state index in [2.05, 4.69) is 14.7 Å². The van der Waals surface area contributed by atoms with Gasteiger partial charge in [0.2, 0.25) is 0 Å². The Morgan fingerprint density at radius 3 is 2.90 bits per heavy atom. The summed E-state index contributed by atoms with van der Waals surface area (Å²) in [6.07, 6.45) is 4.24. The highest BCUT2D eigenvalue weighted by molar-refractivity contribution is 7.89. The van der Waals surface area contributed by atoms with Crippen molar-refractivity contribution >= 4 is 16.0 Å². The van der Waals surface area contributed by atoms with Crippen LogP contribution < -0.4 is 4.72 Å². The molecule has 1 aromatic heterocycles. The van der Waals surface area contributed by atoms with Gasteiger partial charge >= 0.3 is 5.97 Å². The molecule has 0 aliphatic heterocycles. The van der Waals surface area contributed by atoms with Crippen LogP contribution in [0.2, 0.25) is 0 Å². The number of H-pyrrole nitrogens is 1. The maximum atomic E-state index is 12.2. The largest absolute Gasteiger partial charge is 0.481 e. The third-order valence-corrected chi connectivity index (χ3v) is 5.00. The lowest BCUT2D eigenvalue weighted by molar-refractivity contribution is -0.143. The predicted molar refractivity (Wildman–Crippen MR) is 71.7 cm³/mol. The molecular formula is C12H19N3O4S. The number of aryl methyl sites for hydroxylation is 1. The molecule has 0 radical (unpaired) electrons. The second-order valence-corrected chi connectivity index (χ2v) is 6.75. The molecule has 2 atom stereocenters. The van der Waals surface area contributed by atoms with Crippen molar-refractivity contribution in [2.75, 3.05) is 0 Å². The van der Waals surface area contributed by atoms with Crippen LogP contribution >= 0.6 is 0 Å². The molecule has 0 aromatic carbocycles. The topological polar surface area (TPSA) is 112 Å². The minimum Gasteiger partial charge on any atom is -0.481 e. The molecule has 112 valence electrons. The average Bonchev–Trinajstić information content (AvgIpc) is 2.88. The molecule has 7 nitrogen and oxygen atoms in total. The van der Waals surface area contributed by atoms with Gasteiger partial charge in [-0.1, -0.05) is 13.3 Å². The summed E-state index contributed by atoms with van der Waals surface area (Å²) < 4.78 is 26.9. The van der Waals surface area contributed by atoms with E-state index in [9.17, 15) is 13.2 Å². The van der Waals surface area contributed by atoms with E-state index in [0.717, 1.165) is 0 Å². The van der Waals surface area contributed by atoms with E-state index >= 15 is 0 Å². The predicted octanol–water partition coefficient (Wildman–Crippen LogP) is 0.894. The first-order valence-corrected chi connectivity index (χ1v) is 8.19. The van der Waals surface area contributed by atoms with Crippen LogP contribution in [0.25, 0.3) is 0 Å². The third-order valence-electron chi connectivity index (χ3n) is 3.57. The summed E-state index contributed by atoms with van der Waals surface area (Å²) in [6, 6.07) is -0.330. The number of hydrogen-bond donors (Lipinski definition) is 3. The van der Waals surface area contributed by atoms with Gasteiger partial charge in [0, 0.05) is 12.5 Å². The lowest BCUT2D eigenvalue weighted by Gasteiger charge is -2.26. The molecule has 0 bridgehead atoms. The molecule has 1 aliphatic rings. The second-order valence-electron chi connectivity index (χ2n) is 5.07. The van der Waals surface area contributed by atoms with Gasteiger partial charge in [-0.25, -0.2) is 18.1 Å². The Morgan fingerprint density at radius 2 is 2.30 bits per heavy atom. The van der Waals surface area contributed by atoms with Crippen molar-refractivity contribution in [3.8, 4) is 0 Å². The van der Waals surface area contributed by atoms with Crippen molar-refractivity contribution in [2.24, 2.45) is 5.92 Å². The lowest BCUT2D eigenvalue weighted by Crippen LogP contribution is -2.40. The van der Waals surface area contributed by atoms with Gasteiger partial charge in [-0.15, -0.1) is 0 Å². The number of aliphatic carboxylic acids is 1.